The Hall–Kier alpha value is -0.410. The number of nitrogens with zero attached hydrogens (tertiary/aromatic N) is 1. The SMILES string of the molecule is CC(C)(C)CC(C)(C)NCc1csc(C(C)(C)C)n1. The molecule has 0 amide bonds. The minimum atomic E-state index is 0.143. The van der Waals surface area contributed by atoms with Crippen LogP contribution < -0.4 is 5.32 Å². The monoisotopic (exact) mass is 282 g/mol. The lowest BCUT2D eigenvalue weighted by atomic mass is 9.82. The fourth-order valence-corrected chi connectivity index (χ4v) is 3.36. The van der Waals surface area contributed by atoms with E-state index in [0.717, 1.165) is 18.7 Å². The van der Waals surface area contributed by atoms with Crippen LogP contribution >= 0.6 is 11.3 Å². The van der Waals surface area contributed by atoms with Gasteiger partial charge in [0.1, 0.15) is 0 Å². The van der Waals surface area contributed by atoms with Crippen molar-refractivity contribution in [3.8, 4) is 0 Å². The second kappa shape index (κ2) is 5.53. The summed E-state index contributed by atoms with van der Waals surface area (Å²) in [5.74, 6) is 0. The molecule has 0 aromatic carbocycles. The summed E-state index contributed by atoms with van der Waals surface area (Å²) in [5.41, 5.74) is 1.81. The van der Waals surface area contributed by atoms with Gasteiger partial charge >= 0.3 is 0 Å². The van der Waals surface area contributed by atoms with Gasteiger partial charge in [0.05, 0.1) is 10.7 Å². The van der Waals surface area contributed by atoms with E-state index in [1.165, 1.54) is 5.01 Å². The number of nitrogens with one attached hydrogen (secondary N) is 1. The molecule has 1 rings (SSSR count). The first-order chi connectivity index (χ1) is 8.39. The fraction of sp³-hybridized carbons (Fsp3) is 0.812. The molecular weight excluding hydrogens is 252 g/mol. The molecule has 0 unspecified atom stereocenters. The minimum Gasteiger partial charge on any atom is -0.306 e. The highest BCUT2D eigenvalue weighted by molar-refractivity contribution is 7.09. The largest absolute Gasteiger partial charge is 0.306 e. The van der Waals surface area contributed by atoms with Crippen molar-refractivity contribution in [1.29, 1.82) is 0 Å². The van der Waals surface area contributed by atoms with E-state index in [2.05, 4.69) is 66.1 Å². The van der Waals surface area contributed by atoms with Crippen molar-refractivity contribution >= 4 is 11.3 Å². The predicted octanol–water partition coefficient (Wildman–Crippen LogP) is 4.75. The summed E-state index contributed by atoms with van der Waals surface area (Å²) in [7, 11) is 0. The zero-order valence-corrected chi connectivity index (χ0v) is 14.7. The van der Waals surface area contributed by atoms with Crippen LogP contribution in [0.5, 0.6) is 0 Å². The van der Waals surface area contributed by atoms with Crippen LogP contribution in [-0.2, 0) is 12.0 Å². The molecule has 1 aromatic heterocycles. The molecule has 1 N–H and O–H groups in total. The molecule has 0 bridgehead atoms. The number of aromatic nitrogens is 1. The van der Waals surface area contributed by atoms with Gasteiger partial charge < -0.3 is 5.32 Å². The van der Waals surface area contributed by atoms with Crippen LogP contribution in [0.4, 0.5) is 0 Å². The minimum absolute atomic E-state index is 0.143. The maximum absolute atomic E-state index is 4.74. The van der Waals surface area contributed by atoms with E-state index in [4.69, 9.17) is 4.98 Å². The van der Waals surface area contributed by atoms with E-state index in [1.54, 1.807) is 11.3 Å². The standard InChI is InChI=1S/C16H30N2S/c1-14(2,3)11-16(7,8)17-9-12-10-19-13(18-12)15(4,5)6/h10,17H,9,11H2,1-8H3. The maximum atomic E-state index is 4.74. The molecule has 0 aliphatic heterocycles. The lowest BCUT2D eigenvalue weighted by Gasteiger charge is -2.33. The third-order valence-corrected chi connectivity index (χ3v) is 4.23. The van der Waals surface area contributed by atoms with Crippen LogP contribution in [0.3, 0.4) is 0 Å². The number of hydrogen-bond donors (Lipinski definition) is 1. The summed E-state index contributed by atoms with van der Waals surface area (Å²) < 4.78 is 0. The zero-order valence-electron chi connectivity index (χ0n) is 13.8. The average Bonchev–Trinajstić information content (AvgIpc) is 2.58. The second-order valence-electron chi connectivity index (χ2n) is 8.37. The molecule has 1 heterocycles. The first-order valence-electron chi connectivity index (χ1n) is 7.09. The van der Waals surface area contributed by atoms with Crippen LogP contribution in [0, 0.1) is 5.41 Å². The molecule has 2 nitrogen and oxygen atoms in total. The highest BCUT2D eigenvalue weighted by Gasteiger charge is 2.25. The van der Waals surface area contributed by atoms with Crippen molar-refractivity contribution in [1.82, 2.24) is 10.3 Å². The van der Waals surface area contributed by atoms with Gasteiger partial charge in [0.2, 0.25) is 0 Å². The number of thiazole rings is 1. The van der Waals surface area contributed by atoms with Crippen molar-refractivity contribution in [2.75, 3.05) is 0 Å². The Morgan fingerprint density at radius 1 is 1.05 bits per heavy atom. The Labute approximate surface area is 123 Å². The Kier molecular flexibility index (Phi) is 4.84. The van der Waals surface area contributed by atoms with Crippen LogP contribution in [-0.4, -0.2) is 10.5 Å². The van der Waals surface area contributed by atoms with Crippen LogP contribution in [0.2, 0.25) is 0 Å². The van der Waals surface area contributed by atoms with E-state index < -0.39 is 0 Å². The Balaban J connectivity index is 2.60. The van der Waals surface area contributed by atoms with Crippen LogP contribution in [0.1, 0.15) is 72.5 Å². The smallest absolute Gasteiger partial charge is 0.0982 e. The third kappa shape index (κ3) is 6.05. The van der Waals surface area contributed by atoms with E-state index in [9.17, 15) is 0 Å². The normalized spacial score (nSPS) is 13.9. The van der Waals surface area contributed by atoms with E-state index >= 15 is 0 Å². The van der Waals surface area contributed by atoms with Gasteiger partial charge in [-0.2, -0.15) is 0 Å². The molecule has 0 spiro atoms. The molecule has 3 heteroatoms. The second-order valence-corrected chi connectivity index (χ2v) is 9.23. The molecule has 1 aromatic rings. The summed E-state index contributed by atoms with van der Waals surface area (Å²) in [6.07, 6.45) is 1.15. The van der Waals surface area contributed by atoms with Crippen molar-refractivity contribution in [3.05, 3.63) is 16.1 Å². The summed E-state index contributed by atoms with van der Waals surface area (Å²) in [4.78, 5) is 4.74. The van der Waals surface area contributed by atoms with E-state index in [0.29, 0.717) is 5.41 Å². The Morgan fingerprint density at radius 2 is 1.63 bits per heavy atom. The number of rotatable bonds is 4. The Morgan fingerprint density at radius 3 is 2.05 bits per heavy atom. The summed E-state index contributed by atoms with van der Waals surface area (Å²) in [5, 5.41) is 7.04. The average molecular weight is 282 g/mol. The molecular formula is C16H30N2S. The predicted molar refractivity (Wildman–Crippen MR) is 85.8 cm³/mol. The van der Waals surface area contributed by atoms with E-state index in [-0.39, 0.29) is 11.0 Å². The molecule has 0 saturated heterocycles. The highest BCUT2D eigenvalue weighted by Crippen LogP contribution is 2.28. The first kappa shape index (κ1) is 16.6. The van der Waals surface area contributed by atoms with Crippen LogP contribution in [0.25, 0.3) is 0 Å². The van der Waals surface area contributed by atoms with Crippen LogP contribution in [0.15, 0.2) is 5.38 Å². The topological polar surface area (TPSA) is 24.9 Å². The van der Waals surface area contributed by atoms with Gasteiger partial charge in [0.25, 0.3) is 0 Å². The van der Waals surface area contributed by atoms with E-state index in [1.807, 2.05) is 0 Å². The quantitative estimate of drug-likeness (QED) is 0.862. The van der Waals surface area contributed by atoms with Crippen molar-refractivity contribution in [3.63, 3.8) is 0 Å². The van der Waals surface area contributed by atoms with Crippen molar-refractivity contribution in [2.45, 2.75) is 79.3 Å². The van der Waals surface area contributed by atoms with Gasteiger partial charge in [-0.25, -0.2) is 4.98 Å². The van der Waals surface area contributed by atoms with Gasteiger partial charge in [0.15, 0.2) is 0 Å². The molecule has 0 saturated carbocycles. The maximum Gasteiger partial charge on any atom is 0.0982 e. The Bertz CT molecular complexity index is 405. The fourth-order valence-electron chi connectivity index (χ4n) is 2.45. The molecule has 110 valence electrons. The first-order valence-corrected chi connectivity index (χ1v) is 7.97. The van der Waals surface area contributed by atoms with Gasteiger partial charge in [-0.1, -0.05) is 41.5 Å². The number of hydrogen-bond acceptors (Lipinski definition) is 3. The van der Waals surface area contributed by atoms with Crippen molar-refractivity contribution < 1.29 is 0 Å². The molecule has 0 aliphatic rings. The lowest BCUT2D eigenvalue weighted by Crippen LogP contribution is -2.41. The summed E-state index contributed by atoms with van der Waals surface area (Å²) in [6, 6.07) is 0. The highest BCUT2D eigenvalue weighted by atomic mass is 32.1. The third-order valence-electron chi connectivity index (χ3n) is 2.91. The molecule has 0 fully saturated rings. The summed E-state index contributed by atoms with van der Waals surface area (Å²) >= 11 is 1.77. The van der Waals surface area contributed by atoms with Crippen molar-refractivity contribution in [2.24, 2.45) is 5.41 Å². The van der Waals surface area contributed by atoms with Gasteiger partial charge in [-0.15, -0.1) is 11.3 Å². The van der Waals surface area contributed by atoms with Gasteiger partial charge in [-0.05, 0) is 25.7 Å². The molecule has 0 aliphatic carbocycles. The lowest BCUT2D eigenvalue weighted by molar-refractivity contribution is 0.240. The summed E-state index contributed by atoms with van der Waals surface area (Å²) in [6.45, 7) is 18.9. The van der Waals surface area contributed by atoms with Gasteiger partial charge in [-0.3, -0.25) is 0 Å². The molecule has 0 radical (unpaired) electrons. The van der Waals surface area contributed by atoms with Gasteiger partial charge in [0, 0.05) is 22.9 Å². The molecule has 19 heavy (non-hydrogen) atoms. The zero-order chi connectivity index (χ0) is 14.9. The molecule has 0 atom stereocenters.